The number of aromatic nitrogens is 2. The predicted octanol–water partition coefficient (Wildman–Crippen LogP) is 1.21. The van der Waals surface area contributed by atoms with Crippen LogP contribution in [0.5, 0.6) is 0 Å². The number of aryl methyl sites for hydroxylation is 1. The molecule has 2 rings (SSSR count). The van der Waals surface area contributed by atoms with Gasteiger partial charge in [0.25, 0.3) is 0 Å². The molecule has 1 saturated carbocycles. The lowest BCUT2D eigenvalue weighted by molar-refractivity contribution is -0.137. The Labute approximate surface area is 124 Å². The molecule has 0 saturated heterocycles. The molecule has 1 fully saturated rings. The first-order valence-electron chi connectivity index (χ1n) is 7.15. The Morgan fingerprint density at radius 2 is 2.19 bits per heavy atom. The van der Waals surface area contributed by atoms with Crippen molar-refractivity contribution in [3.8, 4) is 0 Å². The van der Waals surface area contributed by atoms with Crippen LogP contribution in [-0.2, 0) is 21.4 Å². The molecule has 1 aromatic heterocycles. The first kappa shape index (κ1) is 16.0. The van der Waals surface area contributed by atoms with Crippen molar-refractivity contribution in [1.29, 1.82) is 0 Å². The normalized spacial score (nSPS) is 18.0. The van der Waals surface area contributed by atoms with Crippen LogP contribution in [-0.4, -0.2) is 35.3 Å². The van der Waals surface area contributed by atoms with E-state index in [2.05, 4.69) is 9.82 Å². The van der Waals surface area contributed by atoms with E-state index >= 15 is 0 Å². The molecular weight excluding hydrogens is 294 g/mol. The second kappa shape index (κ2) is 6.57. The van der Waals surface area contributed by atoms with Gasteiger partial charge in [0.05, 0.1) is 19.2 Å². The minimum Gasteiger partial charge on any atom is -0.481 e. The van der Waals surface area contributed by atoms with Crippen molar-refractivity contribution in [3.63, 3.8) is 0 Å². The molecule has 8 heteroatoms. The predicted molar refractivity (Wildman–Crippen MR) is 76.2 cm³/mol. The first-order valence-corrected chi connectivity index (χ1v) is 8.63. The summed E-state index contributed by atoms with van der Waals surface area (Å²) in [5.74, 6) is -0.551. The van der Waals surface area contributed by atoms with E-state index in [1.54, 1.807) is 0 Å². The second-order valence-corrected chi connectivity index (χ2v) is 7.25. The highest BCUT2D eigenvalue weighted by Gasteiger charge is 2.26. The summed E-state index contributed by atoms with van der Waals surface area (Å²) in [6, 6.07) is -0.0973. The largest absolute Gasteiger partial charge is 0.481 e. The van der Waals surface area contributed by atoms with Crippen molar-refractivity contribution < 1.29 is 18.3 Å². The minimum atomic E-state index is -3.60. The molecule has 0 aromatic carbocycles. The van der Waals surface area contributed by atoms with Crippen molar-refractivity contribution in [1.82, 2.24) is 14.5 Å². The maximum absolute atomic E-state index is 12.3. The van der Waals surface area contributed by atoms with Crippen LogP contribution in [0.4, 0.5) is 0 Å². The second-order valence-electron chi connectivity index (χ2n) is 5.54. The first-order chi connectivity index (χ1) is 9.88. The number of rotatable bonds is 7. The Hall–Kier alpha value is -1.41. The zero-order valence-corrected chi connectivity index (χ0v) is 12.8. The summed E-state index contributed by atoms with van der Waals surface area (Å²) >= 11 is 0. The number of nitrogens with zero attached hydrogens (tertiary/aromatic N) is 2. The zero-order valence-electron chi connectivity index (χ0n) is 12.0. The third-order valence-electron chi connectivity index (χ3n) is 3.92. The molecule has 1 aromatic rings. The Kier molecular flexibility index (Phi) is 5.00. The monoisotopic (exact) mass is 315 g/mol. The van der Waals surface area contributed by atoms with Gasteiger partial charge in [-0.3, -0.25) is 9.48 Å². The molecule has 1 aliphatic carbocycles. The molecule has 21 heavy (non-hydrogen) atoms. The Morgan fingerprint density at radius 3 is 2.81 bits per heavy atom. The number of hydrogen-bond donors (Lipinski definition) is 2. The van der Waals surface area contributed by atoms with E-state index in [1.165, 1.54) is 17.1 Å². The van der Waals surface area contributed by atoms with Crippen LogP contribution >= 0.6 is 0 Å². The molecular formula is C13H21N3O4S. The number of carbonyl (C=O) groups is 1. The van der Waals surface area contributed by atoms with Gasteiger partial charge in [-0.2, -0.15) is 5.10 Å². The third kappa shape index (κ3) is 4.28. The van der Waals surface area contributed by atoms with Gasteiger partial charge in [0, 0.05) is 12.2 Å². The van der Waals surface area contributed by atoms with E-state index in [1.807, 2.05) is 6.92 Å². The van der Waals surface area contributed by atoms with Crippen LogP contribution in [0, 0.1) is 5.92 Å². The van der Waals surface area contributed by atoms with E-state index in [9.17, 15) is 13.2 Å². The highest BCUT2D eigenvalue weighted by molar-refractivity contribution is 7.89. The molecule has 0 unspecified atom stereocenters. The van der Waals surface area contributed by atoms with Crippen LogP contribution in [0.2, 0.25) is 0 Å². The molecule has 1 aliphatic rings. The standard InChI is InChI=1S/C13H21N3O4S/c1-10(11-4-2-3-5-11)15-21(19,20)12-8-14-16(9-12)7-6-13(17)18/h8-11,15H,2-7H2,1H3,(H,17,18)/t10-/m1/s1. The van der Waals surface area contributed by atoms with Gasteiger partial charge in [0.2, 0.25) is 10.0 Å². The third-order valence-corrected chi connectivity index (χ3v) is 5.44. The smallest absolute Gasteiger partial charge is 0.305 e. The number of hydrogen-bond acceptors (Lipinski definition) is 4. The molecule has 118 valence electrons. The van der Waals surface area contributed by atoms with Crippen LogP contribution in [0.25, 0.3) is 0 Å². The van der Waals surface area contributed by atoms with Gasteiger partial charge in [-0.1, -0.05) is 12.8 Å². The molecule has 0 amide bonds. The van der Waals surface area contributed by atoms with Crippen molar-refractivity contribution in [2.24, 2.45) is 5.92 Å². The number of nitrogens with one attached hydrogen (secondary N) is 1. The fraction of sp³-hybridized carbons (Fsp3) is 0.692. The summed E-state index contributed by atoms with van der Waals surface area (Å²) in [5, 5.41) is 12.5. The molecule has 0 aliphatic heterocycles. The quantitative estimate of drug-likeness (QED) is 0.787. The molecule has 0 spiro atoms. The van der Waals surface area contributed by atoms with Gasteiger partial charge in [-0.25, -0.2) is 13.1 Å². The van der Waals surface area contributed by atoms with Gasteiger partial charge in [0.15, 0.2) is 0 Å². The molecule has 0 radical (unpaired) electrons. The van der Waals surface area contributed by atoms with Crippen molar-refractivity contribution in [2.45, 2.75) is 56.5 Å². The van der Waals surface area contributed by atoms with Crippen molar-refractivity contribution in [2.75, 3.05) is 0 Å². The van der Waals surface area contributed by atoms with Crippen LogP contribution < -0.4 is 4.72 Å². The molecule has 0 bridgehead atoms. The number of carboxylic acid groups (broad SMARTS) is 1. The van der Waals surface area contributed by atoms with Gasteiger partial charge in [-0.05, 0) is 25.7 Å². The zero-order chi connectivity index (χ0) is 15.5. The summed E-state index contributed by atoms with van der Waals surface area (Å²) in [7, 11) is -3.60. The lowest BCUT2D eigenvalue weighted by Crippen LogP contribution is -2.37. The minimum absolute atomic E-state index is 0.0812. The average molecular weight is 315 g/mol. The topological polar surface area (TPSA) is 101 Å². The maximum Gasteiger partial charge on any atom is 0.305 e. The van der Waals surface area contributed by atoms with Crippen LogP contribution in [0.15, 0.2) is 17.3 Å². The molecule has 1 atom stereocenters. The highest BCUT2D eigenvalue weighted by atomic mass is 32.2. The van der Waals surface area contributed by atoms with E-state index in [0.29, 0.717) is 5.92 Å². The number of carboxylic acids is 1. The van der Waals surface area contributed by atoms with Gasteiger partial charge in [-0.15, -0.1) is 0 Å². The summed E-state index contributed by atoms with van der Waals surface area (Å²) in [5.41, 5.74) is 0. The van der Waals surface area contributed by atoms with E-state index in [-0.39, 0.29) is 23.9 Å². The molecule has 2 N–H and O–H groups in total. The fourth-order valence-electron chi connectivity index (χ4n) is 2.68. The van der Waals surface area contributed by atoms with Crippen molar-refractivity contribution in [3.05, 3.63) is 12.4 Å². The maximum atomic E-state index is 12.3. The Balaban J connectivity index is 2.00. The summed E-state index contributed by atoms with van der Waals surface area (Å²) in [4.78, 5) is 10.6. The summed E-state index contributed by atoms with van der Waals surface area (Å²) < 4.78 is 28.6. The van der Waals surface area contributed by atoms with Gasteiger partial charge < -0.3 is 5.11 Å². The SMILES string of the molecule is C[C@@H](NS(=O)(=O)c1cnn(CCC(=O)O)c1)C1CCCC1. The number of sulfonamides is 1. The highest BCUT2D eigenvalue weighted by Crippen LogP contribution is 2.28. The van der Waals surface area contributed by atoms with Crippen LogP contribution in [0.3, 0.4) is 0 Å². The van der Waals surface area contributed by atoms with Gasteiger partial charge in [0.1, 0.15) is 4.90 Å². The Bertz CT molecular complexity index is 590. The summed E-state index contributed by atoms with van der Waals surface area (Å²) in [6.07, 6.45) is 6.96. The van der Waals surface area contributed by atoms with Crippen molar-refractivity contribution >= 4 is 16.0 Å². The Morgan fingerprint density at radius 1 is 1.52 bits per heavy atom. The molecule has 1 heterocycles. The van der Waals surface area contributed by atoms with E-state index < -0.39 is 16.0 Å². The lowest BCUT2D eigenvalue weighted by Gasteiger charge is -2.19. The van der Waals surface area contributed by atoms with Crippen LogP contribution in [0.1, 0.15) is 39.0 Å². The van der Waals surface area contributed by atoms with E-state index in [4.69, 9.17) is 5.11 Å². The fourth-order valence-corrected chi connectivity index (χ4v) is 3.95. The molecule has 7 nitrogen and oxygen atoms in total. The summed E-state index contributed by atoms with van der Waals surface area (Å²) in [6.45, 7) is 2.05. The average Bonchev–Trinajstić information content (AvgIpc) is 3.07. The number of aliphatic carboxylic acids is 1. The van der Waals surface area contributed by atoms with E-state index in [0.717, 1.165) is 25.7 Å². The van der Waals surface area contributed by atoms with Gasteiger partial charge >= 0.3 is 5.97 Å². The lowest BCUT2D eigenvalue weighted by atomic mass is 10.0.